The molecule has 2 atom stereocenters. The number of alkyl halides is 1. The fourth-order valence-corrected chi connectivity index (χ4v) is 2.90. The molecular formula is C12H21FN2O. The maximum atomic E-state index is 13.2. The first-order chi connectivity index (χ1) is 7.50. The van der Waals surface area contributed by atoms with Crippen molar-refractivity contribution in [1.82, 2.24) is 10.2 Å². The van der Waals surface area contributed by atoms with Gasteiger partial charge in [0.15, 0.2) is 0 Å². The first kappa shape index (κ1) is 11.8. The van der Waals surface area contributed by atoms with Crippen molar-refractivity contribution in [2.75, 3.05) is 13.6 Å². The minimum absolute atomic E-state index is 0.00653. The molecule has 0 spiro atoms. The number of carbonyl (C=O) groups is 1. The third-order valence-electron chi connectivity index (χ3n) is 3.93. The Kier molecular flexibility index (Phi) is 3.19. The first-order valence-corrected chi connectivity index (χ1v) is 6.16. The van der Waals surface area contributed by atoms with E-state index in [0.717, 1.165) is 12.8 Å². The highest BCUT2D eigenvalue weighted by atomic mass is 19.1. The van der Waals surface area contributed by atoms with Gasteiger partial charge in [-0.05, 0) is 26.8 Å². The van der Waals surface area contributed by atoms with Crippen LogP contribution in [0.25, 0.3) is 0 Å². The zero-order chi connectivity index (χ0) is 11.8. The molecule has 1 saturated heterocycles. The van der Waals surface area contributed by atoms with Gasteiger partial charge < -0.3 is 5.32 Å². The molecule has 92 valence electrons. The molecule has 2 aliphatic rings. The third kappa shape index (κ3) is 2.37. The Hall–Kier alpha value is -0.640. The summed E-state index contributed by atoms with van der Waals surface area (Å²) in [5.41, 5.74) is -0.0493. The van der Waals surface area contributed by atoms with E-state index in [-0.39, 0.29) is 17.5 Å². The highest BCUT2D eigenvalue weighted by Gasteiger charge is 2.38. The SMILES string of the molecule is CN1CC(F)C[C@H]1C(=O)NC1(C)CCCC1. The Morgan fingerprint density at radius 1 is 1.44 bits per heavy atom. The summed E-state index contributed by atoms with van der Waals surface area (Å²) < 4.78 is 13.2. The predicted octanol–water partition coefficient (Wildman–Crippen LogP) is 1.48. The summed E-state index contributed by atoms with van der Waals surface area (Å²) in [6, 6.07) is -0.271. The molecule has 0 aromatic carbocycles. The number of halogens is 1. The minimum atomic E-state index is -0.850. The lowest BCUT2D eigenvalue weighted by molar-refractivity contribution is -0.126. The molecule has 1 aliphatic carbocycles. The average Bonchev–Trinajstić information content (AvgIpc) is 2.73. The first-order valence-electron chi connectivity index (χ1n) is 6.16. The summed E-state index contributed by atoms with van der Waals surface area (Å²) in [5, 5.41) is 3.10. The van der Waals surface area contributed by atoms with E-state index in [2.05, 4.69) is 12.2 Å². The van der Waals surface area contributed by atoms with Gasteiger partial charge in [0.05, 0.1) is 6.04 Å². The predicted molar refractivity (Wildman–Crippen MR) is 60.9 cm³/mol. The highest BCUT2D eigenvalue weighted by Crippen LogP contribution is 2.29. The highest BCUT2D eigenvalue weighted by molar-refractivity contribution is 5.82. The zero-order valence-corrected chi connectivity index (χ0v) is 10.1. The minimum Gasteiger partial charge on any atom is -0.350 e. The quantitative estimate of drug-likeness (QED) is 0.776. The van der Waals surface area contributed by atoms with E-state index in [0.29, 0.717) is 13.0 Å². The number of amides is 1. The molecule has 1 aliphatic heterocycles. The number of nitrogens with one attached hydrogen (secondary N) is 1. The van der Waals surface area contributed by atoms with E-state index < -0.39 is 6.17 Å². The molecule has 1 saturated carbocycles. The molecule has 4 heteroatoms. The summed E-state index contributed by atoms with van der Waals surface area (Å²) in [6.45, 7) is 2.48. The summed E-state index contributed by atoms with van der Waals surface area (Å²) in [5.74, 6) is 0.00653. The second-order valence-electron chi connectivity index (χ2n) is 5.55. The molecule has 2 fully saturated rings. The van der Waals surface area contributed by atoms with Gasteiger partial charge in [0.2, 0.25) is 5.91 Å². The summed E-state index contributed by atoms with van der Waals surface area (Å²) in [6.07, 6.45) is 3.96. The molecule has 2 rings (SSSR count). The van der Waals surface area contributed by atoms with Crippen LogP contribution in [0.4, 0.5) is 4.39 Å². The van der Waals surface area contributed by atoms with Crippen LogP contribution in [0.5, 0.6) is 0 Å². The van der Waals surface area contributed by atoms with Gasteiger partial charge in [0.1, 0.15) is 6.17 Å². The van der Waals surface area contributed by atoms with Gasteiger partial charge in [0, 0.05) is 18.5 Å². The van der Waals surface area contributed by atoms with Crippen molar-refractivity contribution in [2.24, 2.45) is 0 Å². The van der Waals surface area contributed by atoms with Crippen molar-refractivity contribution < 1.29 is 9.18 Å². The number of hydrogen-bond donors (Lipinski definition) is 1. The number of nitrogens with zero attached hydrogens (tertiary/aromatic N) is 1. The summed E-state index contributed by atoms with van der Waals surface area (Å²) >= 11 is 0. The number of likely N-dealkylation sites (N-methyl/N-ethyl adjacent to an activating group) is 1. The number of hydrogen-bond acceptors (Lipinski definition) is 2. The van der Waals surface area contributed by atoms with Crippen molar-refractivity contribution in [2.45, 2.75) is 56.8 Å². The van der Waals surface area contributed by atoms with Gasteiger partial charge in [-0.2, -0.15) is 0 Å². The van der Waals surface area contributed by atoms with Crippen LogP contribution < -0.4 is 5.32 Å². The molecule has 1 heterocycles. The van der Waals surface area contributed by atoms with Gasteiger partial charge in [0.25, 0.3) is 0 Å². The van der Waals surface area contributed by atoms with Crippen LogP contribution in [0.1, 0.15) is 39.0 Å². The molecule has 0 radical (unpaired) electrons. The van der Waals surface area contributed by atoms with Crippen LogP contribution in [-0.2, 0) is 4.79 Å². The van der Waals surface area contributed by atoms with E-state index in [1.54, 1.807) is 0 Å². The fraction of sp³-hybridized carbons (Fsp3) is 0.917. The molecule has 0 bridgehead atoms. The third-order valence-corrected chi connectivity index (χ3v) is 3.93. The van der Waals surface area contributed by atoms with Crippen molar-refractivity contribution in [1.29, 1.82) is 0 Å². The van der Waals surface area contributed by atoms with E-state index in [4.69, 9.17) is 0 Å². The lowest BCUT2D eigenvalue weighted by Gasteiger charge is -2.28. The molecule has 0 aromatic heterocycles. The maximum absolute atomic E-state index is 13.2. The van der Waals surface area contributed by atoms with Crippen LogP contribution in [0.2, 0.25) is 0 Å². The number of rotatable bonds is 2. The molecular weight excluding hydrogens is 207 g/mol. The van der Waals surface area contributed by atoms with Gasteiger partial charge in [-0.3, -0.25) is 9.69 Å². The molecule has 3 nitrogen and oxygen atoms in total. The lowest BCUT2D eigenvalue weighted by atomic mass is 10.00. The Balaban J connectivity index is 1.92. The molecule has 1 amide bonds. The topological polar surface area (TPSA) is 32.3 Å². The van der Waals surface area contributed by atoms with Gasteiger partial charge in [-0.25, -0.2) is 4.39 Å². The monoisotopic (exact) mass is 228 g/mol. The molecule has 0 aromatic rings. The molecule has 1 N–H and O–H groups in total. The standard InChI is InChI=1S/C12H21FN2O/c1-12(5-3-4-6-12)14-11(16)10-7-9(13)8-15(10)2/h9-10H,3-8H2,1-2H3,(H,14,16)/t9?,10-/m0/s1. The largest absolute Gasteiger partial charge is 0.350 e. The van der Waals surface area contributed by atoms with Crippen LogP contribution in [0, 0.1) is 0 Å². The van der Waals surface area contributed by atoms with Gasteiger partial charge >= 0.3 is 0 Å². The molecule has 16 heavy (non-hydrogen) atoms. The maximum Gasteiger partial charge on any atom is 0.237 e. The van der Waals surface area contributed by atoms with Crippen LogP contribution in [0.3, 0.4) is 0 Å². The number of carbonyl (C=O) groups excluding carboxylic acids is 1. The van der Waals surface area contributed by atoms with Crippen molar-refractivity contribution >= 4 is 5.91 Å². The van der Waals surface area contributed by atoms with Crippen molar-refractivity contribution in [3.8, 4) is 0 Å². The van der Waals surface area contributed by atoms with Crippen LogP contribution in [-0.4, -0.2) is 42.2 Å². The van der Waals surface area contributed by atoms with Gasteiger partial charge in [-0.1, -0.05) is 12.8 Å². The lowest BCUT2D eigenvalue weighted by Crippen LogP contribution is -2.50. The Labute approximate surface area is 96.4 Å². The Bertz CT molecular complexity index is 276. The Morgan fingerprint density at radius 3 is 2.56 bits per heavy atom. The second-order valence-corrected chi connectivity index (χ2v) is 5.55. The van der Waals surface area contributed by atoms with E-state index in [1.807, 2.05) is 11.9 Å². The van der Waals surface area contributed by atoms with Crippen molar-refractivity contribution in [3.05, 3.63) is 0 Å². The zero-order valence-electron chi connectivity index (χ0n) is 10.1. The summed E-state index contributed by atoms with van der Waals surface area (Å²) in [4.78, 5) is 13.9. The smallest absolute Gasteiger partial charge is 0.237 e. The molecule has 1 unspecified atom stereocenters. The normalized spacial score (nSPS) is 34.2. The average molecular weight is 228 g/mol. The second kappa shape index (κ2) is 4.32. The van der Waals surface area contributed by atoms with E-state index in [1.165, 1.54) is 12.8 Å². The number of likely N-dealkylation sites (tertiary alicyclic amines) is 1. The van der Waals surface area contributed by atoms with Crippen LogP contribution >= 0.6 is 0 Å². The van der Waals surface area contributed by atoms with Gasteiger partial charge in [-0.15, -0.1) is 0 Å². The van der Waals surface area contributed by atoms with Crippen LogP contribution in [0.15, 0.2) is 0 Å². The fourth-order valence-electron chi connectivity index (χ4n) is 2.90. The Morgan fingerprint density at radius 2 is 2.06 bits per heavy atom. The van der Waals surface area contributed by atoms with Crippen molar-refractivity contribution in [3.63, 3.8) is 0 Å². The summed E-state index contributed by atoms with van der Waals surface area (Å²) in [7, 11) is 1.82. The van der Waals surface area contributed by atoms with E-state index >= 15 is 0 Å². The van der Waals surface area contributed by atoms with E-state index in [9.17, 15) is 9.18 Å².